The Balaban J connectivity index is 1.98. The van der Waals surface area contributed by atoms with E-state index in [4.69, 9.17) is 5.73 Å². The average molecular weight is 234 g/mol. The number of nitrogens with two attached hydrogens (primary N) is 1. The van der Waals surface area contributed by atoms with Gasteiger partial charge in [-0.15, -0.1) is 11.3 Å². The molecule has 0 unspecified atom stereocenters. The van der Waals surface area contributed by atoms with Crippen molar-refractivity contribution in [2.45, 2.75) is 6.54 Å². The number of pyridine rings is 1. The lowest BCUT2D eigenvalue weighted by atomic mass is 10.3. The first-order chi connectivity index (χ1) is 7.75. The third kappa shape index (κ3) is 2.54. The zero-order valence-electron chi connectivity index (χ0n) is 8.38. The van der Waals surface area contributed by atoms with E-state index in [1.54, 1.807) is 12.3 Å². The lowest BCUT2D eigenvalue weighted by molar-refractivity contribution is 0.0946. The molecule has 2 aromatic heterocycles. The Hall–Kier alpha value is -1.95. The first kappa shape index (κ1) is 10.6. The average Bonchev–Trinajstić information content (AvgIpc) is 2.78. The second-order valence-corrected chi connectivity index (χ2v) is 4.06. The van der Waals surface area contributed by atoms with Gasteiger partial charge in [-0.25, -0.2) is 4.98 Å². The SMILES string of the molecule is Nc1ccnc(C(=O)NCc2nccs2)c1. The highest BCUT2D eigenvalue weighted by Gasteiger charge is 2.07. The molecule has 2 heterocycles. The molecule has 0 aromatic carbocycles. The van der Waals surface area contributed by atoms with Crippen LogP contribution < -0.4 is 11.1 Å². The summed E-state index contributed by atoms with van der Waals surface area (Å²) < 4.78 is 0. The van der Waals surface area contributed by atoms with E-state index < -0.39 is 0 Å². The summed E-state index contributed by atoms with van der Waals surface area (Å²) in [5.74, 6) is -0.248. The number of anilines is 1. The van der Waals surface area contributed by atoms with Crippen LogP contribution in [-0.4, -0.2) is 15.9 Å². The maximum atomic E-state index is 11.6. The lowest BCUT2D eigenvalue weighted by Gasteiger charge is -2.02. The van der Waals surface area contributed by atoms with E-state index in [1.165, 1.54) is 23.6 Å². The summed E-state index contributed by atoms with van der Waals surface area (Å²) in [6.07, 6.45) is 3.21. The van der Waals surface area contributed by atoms with Crippen molar-refractivity contribution < 1.29 is 4.79 Å². The second kappa shape index (κ2) is 4.71. The summed E-state index contributed by atoms with van der Waals surface area (Å²) in [7, 11) is 0. The summed E-state index contributed by atoms with van der Waals surface area (Å²) in [6, 6.07) is 3.18. The van der Waals surface area contributed by atoms with Gasteiger partial charge in [0.15, 0.2) is 0 Å². The Kier molecular flexibility index (Phi) is 3.11. The Labute approximate surface area is 96.3 Å². The lowest BCUT2D eigenvalue weighted by Crippen LogP contribution is -2.23. The summed E-state index contributed by atoms with van der Waals surface area (Å²) in [5.41, 5.74) is 6.40. The highest BCUT2D eigenvalue weighted by molar-refractivity contribution is 7.09. The molecule has 0 aliphatic rings. The predicted molar refractivity (Wildman–Crippen MR) is 61.9 cm³/mol. The van der Waals surface area contributed by atoms with Gasteiger partial charge in [-0.1, -0.05) is 0 Å². The third-order valence-corrected chi connectivity index (χ3v) is 2.68. The van der Waals surface area contributed by atoms with Crippen molar-refractivity contribution in [2.75, 3.05) is 5.73 Å². The molecule has 2 aromatic rings. The number of hydrogen-bond acceptors (Lipinski definition) is 5. The standard InChI is InChI=1S/C10H10N4OS/c11-7-1-2-12-8(5-7)10(15)14-6-9-13-3-4-16-9/h1-5H,6H2,(H2,11,12)(H,14,15). The van der Waals surface area contributed by atoms with Gasteiger partial charge in [-0.2, -0.15) is 0 Å². The molecule has 0 radical (unpaired) electrons. The molecule has 82 valence electrons. The van der Waals surface area contributed by atoms with Crippen LogP contribution in [0, 0.1) is 0 Å². The Morgan fingerprint density at radius 3 is 3.00 bits per heavy atom. The van der Waals surface area contributed by atoms with Gasteiger partial charge < -0.3 is 11.1 Å². The number of hydrogen-bond donors (Lipinski definition) is 2. The number of nitrogen functional groups attached to an aromatic ring is 1. The summed E-state index contributed by atoms with van der Waals surface area (Å²) >= 11 is 1.49. The van der Waals surface area contributed by atoms with E-state index in [0.29, 0.717) is 17.9 Å². The molecule has 0 saturated carbocycles. The van der Waals surface area contributed by atoms with Crippen molar-refractivity contribution in [2.24, 2.45) is 0 Å². The minimum Gasteiger partial charge on any atom is -0.399 e. The van der Waals surface area contributed by atoms with Gasteiger partial charge in [0.25, 0.3) is 5.91 Å². The molecule has 0 saturated heterocycles. The molecule has 0 atom stereocenters. The molecular formula is C10H10N4OS. The molecule has 1 amide bonds. The van der Waals surface area contributed by atoms with Crippen LogP contribution in [0.5, 0.6) is 0 Å². The molecule has 5 nitrogen and oxygen atoms in total. The third-order valence-electron chi connectivity index (χ3n) is 1.90. The number of aromatic nitrogens is 2. The first-order valence-electron chi connectivity index (χ1n) is 4.64. The summed E-state index contributed by atoms with van der Waals surface area (Å²) in [5, 5.41) is 5.44. The zero-order chi connectivity index (χ0) is 11.4. The van der Waals surface area contributed by atoms with E-state index >= 15 is 0 Å². The molecule has 0 bridgehead atoms. The van der Waals surface area contributed by atoms with Crippen LogP contribution in [0.15, 0.2) is 29.9 Å². The first-order valence-corrected chi connectivity index (χ1v) is 5.52. The molecule has 0 aliphatic carbocycles. The maximum absolute atomic E-state index is 11.6. The number of rotatable bonds is 3. The van der Waals surface area contributed by atoms with Gasteiger partial charge >= 0.3 is 0 Å². The molecule has 0 aliphatic heterocycles. The fraction of sp³-hybridized carbons (Fsp3) is 0.100. The fourth-order valence-corrected chi connectivity index (χ4v) is 1.71. The van der Waals surface area contributed by atoms with Crippen molar-refractivity contribution in [3.8, 4) is 0 Å². The van der Waals surface area contributed by atoms with E-state index in [1.807, 2.05) is 5.38 Å². The second-order valence-electron chi connectivity index (χ2n) is 3.08. The van der Waals surface area contributed by atoms with Crippen LogP contribution in [0.25, 0.3) is 0 Å². The Bertz CT molecular complexity index is 483. The van der Waals surface area contributed by atoms with Gasteiger partial charge in [-0.3, -0.25) is 9.78 Å². The van der Waals surface area contributed by atoms with Gasteiger partial charge in [0, 0.05) is 23.5 Å². The molecule has 3 N–H and O–H groups in total. The number of amides is 1. The molecule has 0 spiro atoms. The fourth-order valence-electron chi connectivity index (χ4n) is 1.16. The monoisotopic (exact) mass is 234 g/mol. The van der Waals surface area contributed by atoms with Gasteiger partial charge in [-0.05, 0) is 12.1 Å². The molecule has 16 heavy (non-hydrogen) atoms. The molecule has 6 heteroatoms. The maximum Gasteiger partial charge on any atom is 0.270 e. The van der Waals surface area contributed by atoms with Gasteiger partial charge in [0.1, 0.15) is 10.7 Å². The van der Waals surface area contributed by atoms with Gasteiger partial charge in [0.05, 0.1) is 6.54 Å². The van der Waals surface area contributed by atoms with Crippen LogP contribution >= 0.6 is 11.3 Å². The molecular weight excluding hydrogens is 224 g/mol. The molecule has 2 rings (SSSR count). The zero-order valence-corrected chi connectivity index (χ0v) is 9.20. The molecule has 0 fully saturated rings. The highest BCUT2D eigenvalue weighted by atomic mass is 32.1. The largest absolute Gasteiger partial charge is 0.399 e. The Morgan fingerprint density at radius 2 is 2.31 bits per heavy atom. The van der Waals surface area contributed by atoms with Crippen LogP contribution in [0.4, 0.5) is 5.69 Å². The predicted octanol–water partition coefficient (Wildman–Crippen LogP) is 1.05. The minimum absolute atomic E-state index is 0.248. The van der Waals surface area contributed by atoms with E-state index in [-0.39, 0.29) is 5.91 Å². The minimum atomic E-state index is -0.248. The Morgan fingerprint density at radius 1 is 1.44 bits per heavy atom. The number of nitrogens with zero attached hydrogens (tertiary/aromatic N) is 2. The number of carbonyl (C=O) groups excluding carboxylic acids is 1. The summed E-state index contributed by atoms with van der Waals surface area (Å²) in [4.78, 5) is 19.6. The van der Waals surface area contributed by atoms with Crippen LogP contribution in [0.1, 0.15) is 15.5 Å². The quantitative estimate of drug-likeness (QED) is 0.831. The van der Waals surface area contributed by atoms with Crippen molar-refractivity contribution >= 4 is 22.9 Å². The number of carbonyl (C=O) groups is 1. The normalized spacial score (nSPS) is 10.0. The number of nitrogens with one attached hydrogen (secondary N) is 1. The van der Waals surface area contributed by atoms with E-state index in [2.05, 4.69) is 15.3 Å². The van der Waals surface area contributed by atoms with Crippen molar-refractivity contribution in [1.29, 1.82) is 0 Å². The van der Waals surface area contributed by atoms with Crippen molar-refractivity contribution in [1.82, 2.24) is 15.3 Å². The van der Waals surface area contributed by atoms with E-state index in [9.17, 15) is 4.79 Å². The summed E-state index contributed by atoms with van der Waals surface area (Å²) in [6.45, 7) is 0.410. The van der Waals surface area contributed by atoms with Crippen molar-refractivity contribution in [3.05, 3.63) is 40.6 Å². The van der Waals surface area contributed by atoms with Crippen molar-refractivity contribution in [3.63, 3.8) is 0 Å². The van der Waals surface area contributed by atoms with Crippen LogP contribution in [0.2, 0.25) is 0 Å². The van der Waals surface area contributed by atoms with Crippen LogP contribution in [-0.2, 0) is 6.54 Å². The highest BCUT2D eigenvalue weighted by Crippen LogP contribution is 2.05. The van der Waals surface area contributed by atoms with Gasteiger partial charge in [0.2, 0.25) is 0 Å². The van der Waals surface area contributed by atoms with E-state index in [0.717, 1.165) is 5.01 Å². The van der Waals surface area contributed by atoms with Crippen LogP contribution in [0.3, 0.4) is 0 Å². The smallest absolute Gasteiger partial charge is 0.270 e. The number of thiazole rings is 1. The topological polar surface area (TPSA) is 80.9 Å².